The van der Waals surface area contributed by atoms with Crippen molar-refractivity contribution in [3.63, 3.8) is 0 Å². The Morgan fingerprint density at radius 2 is 2.06 bits per heavy atom. The van der Waals surface area contributed by atoms with Crippen LogP contribution in [0.15, 0.2) is 18.2 Å². The zero-order valence-corrected chi connectivity index (χ0v) is 10.9. The van der Waals surface area contributed by atoms with Gasteiger partial charge in [0.2, 0.25) is 0 Å². The maximum atomic E-state index is 8.99. The smallest absolute Gasteiger partial charge is 0.123 e. The van der Waals surface area contributed by atoms with Gasteiger partial charge >= 0.3 is 0 Å². The van der Waals surface area contributed by atoms with Crippen molar-refractivity contribution in [2.45, 2.75) is 38.5 Å². The normalized spacial score (nSPS) is 16.7. The lowest BCUT2D eigenvalue weighted by molar-refractivity contribution is 0.138. The van der Waals surface area contributed by atoms with Crippen molar-refractivity contribution in [1.29, 1.82) is 0 Å². The molecule has 0 amide bonds. The van der Waals surface area contributed by atoms with Crippen molar-refractivity contribution >= 4 is 0 Å². The second kappa shape index (κ2) is 5.26. The van der Waals surface area contributed by atoms with E-state index in [2.05, 4.69) is 25.2 Å². The third kappa shape index (κ3) is 3.02. The van der Waals surface area contributed by atoms with Crippen LogP contribution in [0, 0.1) is 0 Å². The van der Waals surface area contributed by atoms with Gasteiger partial charge in [0.15, 0.2) is 0 Å². The van der Waals surface area contributed by atoms with E-state index in [4.69, 9.17) is 14.9 Å². The summed E-state index contributed by atoms with van der Waals surface area (Å²) >= 11 is 0. The van der Waals surface area contributed by atoms with Crippen molar-refractivity contribution in [2.75, 3.05) is 13.2 Å². The van der Waals surface area contributed by atoms with Crippen LogP contribution in [-0.4, -0.2) is 35.1 Å². The third-order valence-corrected chi connectivity index (χ3v) is 3.16. The van der Waals surface area contributed by atoms with Gasteiger partial charge in [0.25, 0.3) is 0 Å². The highest BCUT2D eigenvalue weighted by Crippen LogP contribution is 2.35. The Morgan fingerprint density at radius 3 is 2.72 bits per heavy atom. The standard InChI is InChI=1S/C14H21NO3/c1-14(2)6-11-5-10(3-4-13(11)18-14)7-15-12(8-16)9-17/h3-5,12,15-17H,6-9H2,1-2H3. The van der Waals surface area contributed by atoms with Crippen LogP contribution in [0.2, 0.25) is 0 Å². The molecule has 4 heteroatoms. The first-order valence-corrected chi connectivity index (χ1v) is 6.30. The van der Waals surface area contributed by atoms with Crippen LogP contribution in [0.4, 0.5) is 0 Å². The molecule has 100 valence electrons. The Morgan fingerprint density at radius 1 is 1.33 bits per heavy atom. The third-order valence-electron chi connectivity index (χ3n) is 3.16. The molecule has 0 saturated heterocycles. The van der Waals surface area contributed by atoms with Crippen LogP contribution in [0.3, 0.4) is 0 Å². The number of ether oxygens (including phenoxy) is 1. The molecular formula is C14H21NO3. The SMILES string of the molecule is CC1(C)Cc2cc(CNC(CO)CO)ccc2O1. The summed E-state index contributed by atoms with van der Waals surface area (Å²) < 4.78 is 5.82. The summed E-state index contributed by atoms with van der Waals surface area (Å²) in [7, 11) is 0. The zero-order chi connectivity index (χ0) is 13.2. The van der Waals surface area contributed by atoms with Crippen LogP contribution in [-0.2, 0) is 13.0 Å². The van der Waals surface area contributed by atoms with Crippen molar-refractivity contribution in [1.82, 2.24) is 5.32 Å². The summed E-state index contributed by atoms with van der Waals surface area (Å²) in [4.78, 5) is 0. The summed E-state index contributed by atoms with van der Waals surface area (Å²) in [6, 6.07) is 5.88. The molecule has 4 nitrogen and oxygen atoms in total. The maximum Gasteiger partial charge on any atom is 0.123 e. The number of nitrogens with one attached hydrogen (secondary N) is 1. The van der Waals surface area contributed by atoms with Crippen LogP contribution >= 0.6 is 0 Å². The highest BCUT2D eigenvalue weighted by atomic mass is 16.5. The van der Waals surface area contributed by atoms with E-state index in [1.165, 1.54) is 5.56 Å². The molecule has 1 aromatic carbocycles. The van der Waals surface area contributed by atoms with Gasteiger partial charge in [0.05, 0.1) is 19.3 Å². The molecule has 0 unspecified atom stereocenters. The molecule has 1 heterocycles. The minimum atomic E-state index is -0.258. The Bertz CT molecular complexity index is 414. The Balaban J connectivity index is 2.01. The van der Waals surface area contributed by atoms with Gasteiger partial charge in [-0.25, -0.2) is 0 Å². The van der Waals surface area contributed by atoms with Crippen LogP contribution in [0.5, 0.6) is 5.75 Å². The molecule has 0 atom stereocenters. The van der Waals surface area contributed by atoms with Gasteiger partial charge in [-0.3, -0.25) is 0 Å². The van der Waals surface area contributed by atoms with Crippen molar-refractivity contribution in [3.05, 3.63) is 29.3 Å². The highest BCUT2D eigenvalue weighted by Gasteiger charge is 2.29. The van der Waals surface area contributed by atoms with E-state index in [0.717, 1.165) is 17.7 Å². The minimum Gasteiger partial charge on any atom is -0.487 e. The number of hydrogen-bond donors (Lipinski definition) is 3. The number of benzene rings is 1. The maximum absolute atomic E-state index is 8.99. The summed E-state index contributed by atoms with van der Waals surface area (Å²) in [6.07, 6.45) is 0.916. The second-order valence-electron chi connectivity index (χ2n) is 5.42. The molecule has 0 aliphatic carbocycles. The Hall–Kier alpha value is -1.10. The molecule has 1 aliphatic rings. The molecule has 3 N–H and O–H groups in total. The lowest BCUT2D eigenvalue weighted by Crippen LogP contribution is -2.35. The van der Waals surface area contributed by atoms with Crippen LogP contribution in [0.1, 0.15) is 25.0 Å². The van der Waals surface area contributed by atoms with Gasteiger partial charge in [-0.15, -0.1) is 0 Å². The molecule has 0 saturated carbocycles. The number of aliphatic hydroxyl groups excluding tert-OH is 2. The van der Waals surface area contributed by atoms with E-state index in [-0.39, 0.29) is 24.9 Å². The van der Waals surface area contributed by atoms with E-state index in [0.29, 0.717) is 6.54 Å². The predicted octanol–water partition coefficient (Wildman–Crippen LogP) is 0.843. The lowest BCUT2D eigenvalue weighted by Gasteiger charge is -2.16. The summed E-state index contributed by atoms with van der Waals surface area (Å²) in [5.74, 6) is 0.963. The van der Waals surface area contributed by atoms with E-state index in [1.54, 1.807) is 0 Å². The van der Waals surface area contributed by atoms with Crippen molar-refractivity contribution in [2.24, 2.45) is 0 Å². The molecule has 0 radical (unpaired) electrons. The first kappa shape index (κ1) is 13.3. The molecular weight excluding hydrogens is 230 g/mol. The van der Waals surface area contributed by atoms with Gasteiger partial charge in [-0.2, -0.15) is 0 Å². The molecule has 0 aromatic heterocycles. The molecule has 0 fully saturated rings. The second-order valence-corrected chi connectivity index (χ2v) is 5.42. The van der Waals surface area contributed by atoms with E-state index >= 15 is 0 Å². The zero-order valence-electron chi connectivity index (χ0n) is 10.9. The average Bonchev–Trinajstić information content (AvgIpc) is 2.63. The Labute approximate surface area is 108 Å². The van der Waals surface area contributed by atoms with Crippen LogP contribution in [0.25, 0.3) is 0 Å². The Kier molecular flexibility index (Phi) is 3.90. The van der Waals surface area contributed by atoms with Gasteiger partial charge < -0.3 is 20.3 Å². The van der Waals surface area contributed by atoms with Crippen LogP contribution < -0.4 is 10.1 Å². The lowest BCUT2D eigenvalue weighted by atomic mass is 10.0. The monoisotopic (exact) mass is 251 g/mol. The summed E-state index contributed by atoms with van der Waals surface area (Å²) in [5, 5.41) is 21.1. The quantitative estimate of drug-likeness (QED) is 0.726. The fourth-order valence-corrected chi connectivity index (χ4v) is 2.22. The minimum absolute atomic E-state index is 0.0580. The van der Waals surface area contributed by atoms with E-state index in [1.807, 2.05) is 12.1 Å². The molecule has 1 aliphatic heterocycles. The molecule has 2 rings (SSSR count). The number of hydrogen-bond acceptors (Lipinski definition) is 4. The van der Waals surface area contributed by atoms with Gasteiger partial charge in [0.1, 0.15) is 11.4 Å². The number of fused-ring (bicyclic) bond motifs is 1. The topological polar surface area (TPSA) is 61.7 Å². The molecule has 0 bridgehead atoms. The predicted molar refractivity (Wildman–Crippen MR) is 69.7 cm³/mol. The van der Waals surface area contributed by atoms with Crippen molar-refractivity contribution in [3.8, 4) is 5.75 Å². The fourth-order valence-electron chi connectivity index (χ4n) is 2.22. The van der Waals surface area contributed by atoms with Gasteiger partial charge in [-0.05, 0) is 31.0 Å². The van der Waals surface area contributed by atoms with E-state index < -0.39 is 0 Å². The first-order valence-electron chi connectivity index (χ1n) is 6.30. The first-order chi connectivity index (χ1) is 8.54. The fraction of sp³-hybridized carbons (Fsp3) is 0.571. The van der Waals surface area contributed by atoms with Gasteiger partial charge in [-0.1, -0.05) is 12.1 Å². The molecule has 1 aromatic rings. The molecule has 0 spiro atoms. The van der Waals surface area contributed by atoms with Gasteiger partial charge in [0, 0.05) is 13.0 Å². The van der Waals surface area contributed by atoms with Crippen molar-refractivity contribution < 1.29 is 14.9 Å². The summed E-state index contributed by atoms with van der Waals surface area (Å²) in [5.41, 5.74) is 2.25. The van der Waals surface area contributed by atoms with E-state index in [9.17, 15) is 0 Å². The average molecular weight is 251 g/mol. The highest BCUT2D eigenvalue weighted by molar-refractivity contribution is 5.41. The largest absolute Gasteiger partial charge is 0.487 e. The summed E-state index contributed by atoms with van der Waals surface area (Å²) in [6.45, 7) is 4.69. The molecule has 18 heavy (non-hydrogen) atoms. The number of rotatable bonds is 5. The number of aliphatic hydroxyl groups is 2.